The van der Waals surface area contributed by atoms with Gasteiger partial charge >= 0.3 is 34.2 Å². The van der Waals surface area contributed by atoms with Gasteiger partial charge in [0.05, 0.1) is 0 Å². The zero-order valence-corrected chi connectivity index (χ0v) is 5.70. The van der Waals surface area contributed by atoms with Crippen LogP contribution in [0.1, 0.15) is 0 Å². The van der Waals surface area contributed by atoms with Crippen LogP contribution in [0.4, 0.5) is 0 Å². The average Bonchev–Trinajstić information content (AvgIpc) is 1.50. The molecular formula is H3BO3Zn. The summed E-state index contributed by atoms with van der Waals surface area (Å²) < 4.78 is 16.4. The summed E-state index contributed by atoms with van der Waals surface area (Å²) in [7, 11) is 2.00. The predicted octanol–water partition coefficient (Wildman–Crippen LogP) is -1.71. The second-order valence-electron chi connectivity index (χ2n) is 0. The van der Waals surface area contributed by atoms with Gasteiger partial charge in [0.1, 0.15) is 0 Å². The van der Waals surface area contributed by atoms with Crippen molar-refractivity contribution in [3.8, 4) is 0 Å². The van der Waals surface area contributed by atoms with Gasteiger partial charge in [-0.05, 0) is 0 Å². The van der Waals surface area contributed by atoms with E-state index in [-0.39, 0.29) is 23.7 Å². The fourth-order valence-electron chi connectivity index (χ4n) is 0. The molecule has 2 N–H and O–H groups in total. The molecule has 0 aliphatic heterocycles. The van der Waals surface area contributed by atoms with Crippen molar-refractivity contribution in [1.82, 2.24) is 0 Å². The maximum atomic E-state index is 8.38. The summed E-state index contributed by atoms with van der Waals surface area (Å²) >= 11 is 0.125. The Morgan fingerprint density at radius 3 is 1.20 bits per heavy atom. The van der Waals surface area contributed by atoms with Crippen LogP contribution < -0.4 is 0 Å². The zero-order valence-electron chi connectivity index (χ0n) is 2.73. The predicted molar refractivity (Wildman–Crippen MR) is 12.1 cm³/mol. The minimum absolute atomic E-state index is 0. The molecule has 0 amide bonds. The Morgan fingerprint density at radius 1 is 1.20 bits per heavy atom. The summed E-state index contributed by atoms with van der Waals surface area (Å²) in [4.78, 5) is 0. The van der Waals surface area contributed by atoms with E-state index in [1.807, 2.05) is 7.72 Å². The third-order valence-electron chi connectivity index (χ3n) is 0. The van der Waals surface area contributed by atoms with E-state index in [0.717, 1.165) is 0 Å². The Balaban J connectivity index is -0.0000000133. The van der Waals surface area contributed by atoms with Crippen LogP contribution in [0.25, 0.3) is 0 Å². The van der Waals surface area contributed by atoms with Gasteiger partial charge in [0.25, 0.3) is 0 Å². The molecule has 0 aromatic rings. The van der Waals surface area contributed by atoms with Crippen LogP contribution in [0.15, 0.2) is 0 Å². The van der Waals surface area contributed by atoms with Gasteiger partial charge in [-0.25, -0.2) is 0 Å². The summed E-state index contributed by atoms with van der Waals surface area (Å²) in [5.74, 6) is 0. The topological polar surface area (TPSA) is 65.6 Å². The molecule has 0 unspecified atom stereocenters. The molecule has 0 saturated heterocycles. The van der Waals surface area contributed by atoms with Gasteiger partial charge in [0, 0.05) is 0 Å². The first-order valence-electron chi connectivity index (χ1n) is 0.577. The SMILES string of the molecule is B=O.O.[O]=[Zn]. The van der Waals surface area contributed by atoms with Crippen LogP contribution in [0.3, 0.4) is 0 Å². The number of hydrogen-bond acceptors (Lipinski definition) is 2. The Kier molecular flexibility index (Phi) is 2720. The molecule has 3 nitrogen and oxygen atoms in total. The summed E-state index contributed by atoms with van der Waals surface area (Å²) in [5, 5.41) is 0. The van der Waals surface area contributed by atoms with E-state index in [1.54, 1.807) is 0 Å². The molecule has 0 aliphatic rings. The fraction of sp³-hybridized carbons (Fsp3) is 0. The fourth-order valence-corrected chi connectivity index (χ4v) is 0. The van der Waals surface area contributed by atoms with E-state index in [4.69, 9.17) is 8.28 Å². The van der Waals surface area contributed by atoms with Gasteiger partial charge < -0.3 is 5.48 Å². The molecule has 5 heavy (non-hydrogen) atoms. The van der Waals surface area contributed by atoms with Crippen molar-refractivity contribution in [1.29, 1.82) is 0 Å². The van der Waals surface area contributed by atoms with Crippen molar-refractivity contribution in [3.63, 3.8) is 0 Å². The summed E-state index contributed by atoms with van der Waals surface area (Å²) in [5.41, 5.74) is 0. The Hall–Kier alpha value is 0.248. The van der Waals surface area contributed by atoms with Gasteiger partial charge in [0.15, 0.2) is 0 Å². The van der Waals surface area contributed by atoms with Crippen molar-refractivity contribution < 1.29 is 32.0 Å². The molecule has 0 radical (unpaired) electrons. The van der Waals surface area contributed by atoms with Crippen molar-refractivity contribution in [2.45, 2.75) is 0 Å². The van der Waals surface area contributed by atoms with Gasteiger partial charge in [-0.2, -0.15) is 0 Å². The van der Waals surface area contributed by atoms with Gasteiger partial charge in [-0.1, -0.05) is 0 Å². The van der Waals surface area contributed by atoms with Crippen LogP contribution in [0.5, 0.6) is 0 Å². The first-order valence-corrected chi connectivity index (χ1v) is 1.79. The standard InChI is InChI=1S/BHO.H2O.O.Zn/c1-2;;;/h1H;1H2;;. The molecule has 5 heteroatoms. The van der Waals surface area contributed by atoms with Crippen LogP contribution in [-0.2, 0) is 26.5 Å². The van der Waals surface area contributed by atoms with Crippen molar-refractivity contribution >= 4 is 7.72 Å². The molecular weight excluding hydrogens is 124 g/mol. The van der Waals surface area contributed by atoms with Crippen LogP contribution in [0, 0.1) is 0 Å². The molecule has 0 bridgehead atoms. The summed E-state index contributed by atoms with van der Waals surface area (Å²) in [6, 6.07) is 0. The molecule has 0 aromatic heterocycles. The van der Waals surface area contributed by atoms with Gasteiger partial charge in [-0.3, -0.25) is 0 Å². The Labute approximate surface area is 40.4 Å². The second-order valence-corrected chi connectivity index (χ2v) is 0. The van der Waals surface area contributed by atoms with E-state index >= 15 is 0 Å². The summed E-state index contributed by atoms with van der Waals surface area (Å²) in [6.45, 7) is 0. The van der Waals surface area contributed by atoms with Crippen molar-refractivity contribution in [2.24, 2.45) is 0 Å². The van der Waals surface area contributed by atoms with Crippen molar-refractivity contribution in [3.05, 3.63) is 0 Å². The van der Waals surface area contributed by atoms with E-state index in [2.05, 4.69) is 0 Å². The third kappa shape index (κ3) is 348. The molecule has 0 heterocycles. The van der Waals surface area contributed by atoms with Crippen molar-refractivity contribution in [2.75, 3.05) is 0 Å². The zero-order chi connectivity index (χ0) is 4.00. The molecule has 0 aliphatic carbocycles. The van der Waals surface area contributed by atoms with E-state index in [1.165, 1.54) is 0 Å². The second kappa shape index (κ2) is 727. The molecule has 0 aromatic carbocycles. The van der Waals surface area contributed by atoms with Crippen LogP contribution >= 0.6 is 0 Å². The normalized spacial score (nSPS) is 1.80. The Bertz CT molecular complexity index is 8.85. The van der Waals surface area contributed by atoms with Crippen LogP contribution in [0.2, 0.25) is 0 Å². The van der Waals surface area contributed by atoms with E-state index < -0.39 is 0 Å². The molecule has 0 saturated carbocycles. The molecule has 26 valence electrons. The molecule has 0 spiro atoms. The van der Waals surface area contributed by atoms with Crippen LogP contribution in [-0.4, -0.2) is 13.2 Å². The maximum absolute atomic E-state index is 8.38. The van der Waals surface area contributed by atoms with E-state index in [9.17, 15) is 0 Å². The first kappa shape index (κ1) is 18.7. The quantitative estimate of drug-likeness (QED) is 0.363. The van der Waals surface area contributed by atoms with E-state index in [0.29, 0.717) is 0 Å². The first-order chi connectivity index (χ1) is 2.00. The monoisotopic (exact) mass is 126 g/mol. The average molecular weight is 127 g/mol. The Morgan fingerprint density at radius 2 is 1.20 bits per heavy atom. The summed E-state index contributed by atoms with van der Waals surface area (Å²) in [6.07, 6.45) is 0. The molecule has 0 fully saturated rings. The molecule has 0 rings (SSSR count). The third-order valence-corrected chi connectivity index (χ3v) is 0. The number of hydrogen-bond donors (Lipinski definition) is 0. The van der Waals surface area contributed by atoms with Gasteiger partial charge in [-0.15, -0.1) is 0 Å². The number of rotatable bonds is 0. The van der Waals surface area contributed by atoms with Gasteiger partial charge in [0.2, 0.25) is 0 Å². The minimum atomic E-state index is 0. The molecule has 0 atom stereocenters.